The van der Waals surface area contributed by atoms with Gasteiger partial charge >= 0.3 is 0 Å². The van der Waals surface area contributed by atoms with Gasteiger partial charge in [0.05, 0.1) is 0 Å². The summed E-state index contributed by atoms with van der Waals surface area (Å²) in [6.45, 7) is 6.38. The van der Waals surface area contributed by atoms with E-state index in [2.05, 4.69) is 24.1 Å². The largest absolute Gasteiger partial charge is 0.313 e. The molecule has 4 heteroatoms. The molecule has 0 spiro atoms. The predicted molar refractivity (Wildman–Crippen MR) is 72.9 cm³/mol. The van der Waals surface area contributed by atoms with E-state index in [-0.39, 0.29) is 5.56 Å². The number of hydrogen-bond donors (Lipinski definition) is 1. The number of nitrogens with one attached hydrogen (secondary N) is 1. The molecule has 0 radical (unpaired) electrons. The normalized spacial score (nSPS) is 20.4. The van der Waals surface area contributed by atoms with Crippen LogP contribution in [0.1, 0.15) is 32.3 Å². The van der Waals surface area contributed by atoms with E-state index in [4.69, 9.17) is 0 Å². The van der Waals surface area contributed by atoms with Crippen LogP contribution in [0.4, 0.5) is 8.78 Å². The number of nitrogens with zero attached hydrogens (tertiary/aromatic N) is 1. The molecule has 106 valence electrons. The van der Waals surface area contributed by atoms with Gasteiger partial charge in [0.15, 0.2) is 0 Å². The SMILES string of the molecule is CC(C)NCC1CCCN1Cc1c(F)cccc1F. The van der Waals surface area contributed by atoms with Crippen LogP contribution in [-0.2, 0) is 6.54 Å². The topological polar surface area (TPSA) is 15.3 Å². The molecule has 19 heavy (non-hydrogen) atoms. The van der Waals surface area contributed by atoms with Crippen LogP contribution in [0.3, 0.4) is 0 Å². The summed E-state index contributed by atoms with van der Waals surface area (Å²) in [6, 6.07) is 4.89. The van der Waals surface area contributed by atoms with E-state index in [1.165, 1.54) is 18.2 Å². The number of benzene rings is 1. The third kappa shape index (κ3) is 3.74. The monoisotopic (exact) mass is 268 g/mol. The summed E-state index contributed by atoms with van der Waals surface area (Å²) in [5.74, 6) is -0.884. The van der Waals surface area contributed by atoms with Gasteiger partial charge in [-0.05, 0) is 31.5 Å². The molecule has 0 aromatic heterocycles. The standard InChI is InChI=1S/C15H22F2N2/c1-11(2)18-9-12-5-4-8-19(12)10-13-14(16)6-3-7-15(13)17/h3,6-7,11-12,18H,4-5,8-10H2,1-2H3. The number of likely N-dealkylation sites (tertiary alicyclic amines) is 1. The molecule has 1 aromatic rings. The lowest BCUT2D eigenvalue weighted by atomic mass is 10.1. The van der Waals surface area contributed by atoms with E-state index in [9.17, 15) is 8.78 Å². The molecule has 2 nitrogen and oxygen atoms in total. The summed E-state index contributed by atoms with van der Waals surface area (Å²) in [7, 11) is 0. The van der Waals surface area contributed by atoms with Gasteiger partial charge in [-0.3, -0.25) is 4.90 Å². The van der Waals surface area contributed by atoms with Crippen molar-refractivity contribution in [1.29, 1.82) is 0 Å². The average molecular weight is 268 g/mol. The van der Waals surface area contributed by atoms with E-state index in [1.54, 1.807) is 0 Å². The molecule has 1 heterocycles. The molecule has 1 aliphatic heterocycles. The highest BCUT2D eigenvalue weighted by Crippen LogP contribution is 2.22. The quantitative estimate of drug-likeness (QED) is 0.883. The molecule has 1 atom stereocenters. The fourth-order valence-electron chi connectivity index (χ4n) is 2.59. The van der Waals surface area contributed by atoms with Crippen molar-refractivity contribution < 1.29 is 8.78 Å². The summed E-state index contributed by atoms with van der Waals surface area (Å²) >= 11 is 0. The van der Waals surface area contributed by atoms with Gasteiger partial charge < -0.3 is 5.32 Å². The van der Waals surface area contributed by atoms with Crippen molar-refractivity contribution in [3.8, 4) is 0 Å². The average Bonchev–Trinajstić information content (AvgIpc) is 2.79. The summed E-state index contributed by atoms with van der Waals surface area (Å²) < 4.78 is 27.3. The van der Waals surface area contributed by atoms with Gasteiger partial charge in [0.2, 0.25) is 0 Å². The Morgan fingerprint density at radius 2 is 2.00 bits per heavy atom. The van der Waals surface area contributed by atoms with Gasteiger partial charge in [-0.1, -0.05) is 19.9 Å². The smallest absolute Gasteiger partial charge is 0.130 e. The van der Waals surface area contributed by atoms with Gasteiger partial charge in [0.25, 0.3) is 0 Å². The number of halogens is 2. The predicted octanol–water partition coefficient (Wildman–Crippen LogP) is 2.93. The van der Waals surface area contributed by atoms with Gasteiger partial charge in [0.1, 0.15) is 11.6 Å². The van der Waals surface area contributed by atoms with Gasteiger partial charge in [0, 0.05) is 30.7 Å². The molecule has 1 unspecified atom stereocenters. The Hall–Kier alpha value is -1.00. The Kier molecular flexibility index (Phi) is 4.88. The number of hydrogen-bond acceptors (Lipinski definition) is 2. The maximum Gasteiger partial charge on any atom is 0.130 e. The highest BCUT2D eigenvalue weighted by molar-refractivity contribution is 5.19. The first kappa shape index (κ1) is 14.4. The minimum Gasteiger partial charge on any atom is -0.313 e. The lowest BCUT2D eigenvalue weighted by molar-refractivity contribution is 0.229. The van der Waals surface area contributed by atoms with Crippen molar-refractivity contribution >= 4 is 0 Å². The zero-order valence-corrected chi connectivity index (χ0v) is 11.6. The van der Waals surface area contributed by atoms with Gasteiger partial charge in [-0.2, -0.15) is 0 Å². The molecule has 0 bridgehead atoms. The summed E-state index contributed by atoms with van der Waals surface area (Å²) in [4.78, 5) is 2.18. The maximum atomic E-state index is 13.7. The maximum absolute atomic E-state index is 13.7. The van der Waals surface area contributed by atoms with Crippen molar-refractivity contribution in [3.05, 3.63) is 35.4 Å². The summed E-state index contributed by atoms with van der Waals surface area (Å²) in [6.07, 6.45) is 2.19. The van der Waals surface area contributed by atoms with Crippen molar-refractivity contribution in [3.63, 3.8) is 0 Å². The first-order valence-electron chi connectivity index (χ1n) is 6.98. The molecule has 1 aromatic carbocycles. The van der Waals surface area contributed by atoms with Crippen LogP contribution >= 0.6 is 0 Å². The van der Waals surface area contributed by atoms with Crippen molar-refractivity contribution in [1.82, 2.24) is 10.2 Å². The van der Waals surface area contributed by atoms with Crippen LogP contribution in [0.15, 0.2) is 18.2 Å². The zero-order chi connectivity index (χ0) is 13.8. The van der Waals surface area contributed by atoms with Crippen LogP contribution in [0.25, 0.3) is 0 Å². The summed E-state index contributed by atoms with van der Waals surface area (Å²) in [5, 5.41) is 3.40. The van der Waals surface area contributed by atoms with Crippen molar-refractivity contribution in [2.45, 2.75) is 45.3 Å². The van der Waals surface area contributed by atoms with E-state index >= 15 is 0 Å². The highest BCUT2D eigenvalue weighted by atomic mass is 19.1. The van der Waals surface area contributed by atoms with Crippen LogP contribution in [0, 0.1) is 11.6 Å². The molecular weight excluding hydrogens is 246 g/mol. The van der Waals surface area contributed by atoms with E-state index in [1.807, 2.05) is 0 Å². The molecule has 1 N–H and O–H groups in total. The van der Waals surface area contributed by atoms with Crippen LogP contribution in [-0.4, -0.2) is 30.1 Å². The fraction of sp³-hybridized carbons (Fsp3) is 0.600. The second-order valence-electron chi connectivity index (χ2n) is 5.53. The third-order valence-corrected chi connectivity index (χ3v) is 3.68. The lowest BCUT2D eigenvalue weighted by Crippen LogP contribution is -2.40. The first-order valence-corrected chi connectivity index (χ1v) is 6.98. The van der Waals surface area contributed by atoms with Crippen LogP contribution in [0.2, 0.25) is 0 Å². The fourth-order valence-corrected chi connectivity index (χ4v) is 2.59. The van der Waals surface area contributed by atoms with Gasteiger partial charge in [-0.15, -0.1) is 0 Å². The van der Waals surface area contributed by atoms with Crippen molar-refractivity contribution in [2.75, 3.05) is 13.1 Å². The minimum atomic E-state index is -0.442. The third-order valence-electron chi connectivity index (χ3n) is 3.68. The molecule has 0 saturated carbocycles. The van der Waals surface area contributed by atoms with E-state index in [0.29, 0.717) is 18.6 Å². The lowest BCUT2D eigenvalue weighted by Gasteiger charge is -2.26. The molecule has 0 amide bonds. The molecule has 1 fully saturated rings. The molecular formula is C15H22F2N2. The minimum absolute atomic E-state index is 0.193. The van der Waals surface area contributed by atoms with Crippen LogP contribution < -0.4 is 5.32 Å². The second-order valence-corrected chi connectivity index (χ2v) is 5.53. The molecule has 1 aliphatic rings. The Morgan fingerprint density at radius 3 is 2.63 bits per heavy atom. The zero-order valence-electron chi connectivity index (χ0n) is 11.6. The Bertz CT molecular complexity index is 400. The Morgan fingerprint density at radius 1 is 1.32 bits per heavy atom. The number of rotatable bonds is 5. The molecule has 0 aliphatic carbocycles. The highest BCUT2D eigenvalue weighted by Gasteiger charge is 2.26. The van der Waals surface area contributed by atoms with Gasteiger partial charge in [-0.25, -0.2) is 8.78 Å². The van der Waals surface area contributed by atoms with Crippen LogP contribution in [0.5, 0.6) is 0 Å². The first-order chi connectivity index (χ1) is 9.08. The Labute approximate surface area is 113 Å². The van der Waals surface area contributed by atoms with E-state index < -0.39 is 11.6 Å². The van der Waals surface area contributed by atoms with E-state index in [0.717, 1.165) is 25.9 Å². The summed E-state index contributed by atoms with van der Waals surface area (Å²) in [5.41, 5.74) is 0.193. The molecule has 1 saturated heterocycles. The molecule has 2 rings (SSSR count). The Balaban J connectivity index is 2.01. The van der Waals surface area contributed by atoms with Crippen molar-refractivity contribution in [2.24, 2.45) is 0 Å². The second kappa shape index (κ2) is 6.44.